The Balaban J connectivity index is 1.73. The van der Waals surface area contributed by atoms with Gasteiger partial charge in [-0.3, -0.25) is 4.79 Å². The van der Waals surface area contributed by atoms with E-state index in [2.05, 4.69) is 10.3 Å². The highest BCUT2D eigenvalue weighted by molar-refractivity contribution is 7.89. The molecule has 0 atom stereocenters. The number of amides is 1. The molecule has 2 heterocycles. The predicted octanol–water partition coefficient (Wildman–Crippen LogP) is 3.97. The Morgan fingerprint density at radius 2 is 1.81 bits per heavy atom. The average Bonchev–Trinajstić information content (AvgIpc) is 3.35. The van der Waals surface area contributed by atoms with Gasteiger partial charge in [0, 0.05) is 30.0 Å². The number of hydrogen-bond donors (Lipinski definition) is 1. The molecular formula is C19H25N3O3S2. The highest BCUT2D eigenvalue weighted by atomic mass is 32.2. The van der Waals surface area contributed by atoms with Crippen LogP contribution in [0.3, 0.4) is 0 Å². The van der Waals surface area contributed by atoms with Gasteiger partial charge in [0.25, 0.3) is 0 Å². The van der Waals surface area contributed by atoms with E-state index in [1.807, 2.05) is 19.2 Å². The van der Waals surface area contributed by atoms with Crippen molar-refractivity contribution in [3.05, 3.63) is 29.6 Å². The van der Waals surface area contributed by atoms with Gasteiger partial charge in [0.05, 0.1) is 10.6 Å². The molecule has 0 saturated carbocycles. The first kappa shape index (κ1) is 20.0. The van der Waals surface area contributed by atoms with Crippen LogP contribution < -0.4 is 5.32 Å². The predicted molar refractivity (Wildman–Crippen MR) is 108 cm³/mol. The Hall–Kier alpha value is -1.77. The van der Waals surface area contributed by atoms with Gasteiger partial charge in [-0.15, -0.1) is 11.3 Å². The van der Waals surface area contributed by atoms with E-state index in [1.165, 1.54) is 15.6 Å². The third-order valence-corrected chi connectivity index (χ3v) is 7.61. The standard InChI is InChI=1S/C19H25N3O3S2/c1-3-14(4-2)18(23)21-19-20-17(13-26-19)15-7-9-16(10-8-15)27(24,25)22-11-5-6-12-22/h7-10,13-14H,3-6,11-12H2,1-2H3,(H,20,21,23). The van der Waals surface area contributed by atoms with Crippen LogP contribution in [-0.2, 0) is 14.8 Å². The summed E-state index contributed by atoms with van der Waals surface area (Å²) in [4.78, 5) is 17.0. The topological polar surface area (TPSA) is 79.4 Å². The van der Waals surface area contributed by atoms with Crippen molar-refractivity contribution in [1.29, 1.82) is 0 Å². The van der Waals surface area contributed by atoms with Crippen molar-refractivity contribution in [1.82, 2.24) is 9.29 Å². The minimum absolute atomic E-state index is 0.00652. The Bertz CT molecular complexity index is 881. The van der Waals surface area contributed by atoms with Gasteiger partial charge < -0.3 is 5.32 Å². The molecule has 0 unspecified atom stereocenters. The van der Waals surface area contributed by atoms with E-state index in [4.69, 9.17) is 0 Å². The molecule has 1 N–H and O–H groups in total. The van der Waals surface area contributed by atoms with Crippen molar-refractivity contribution in [2.45, 2.75) is 44.4 Å². The fourth-order valence-corrected chi connectivity index (χ4v) is 5.45. The van der Waals surface area contributed by atoms with Crippen molar-refractivity contribution in [2.24, 2.45) is 5.92 Å². The molecule has 0 radical (unpaired) electrons. The highest BCUT2D eigenvalue weighted by Gasteiger charge is 2.27. The smallest absolute Gasteiger partial charge is 0.243 e. The van der Waals surface area contributed by atoms with Gasteiger partial charge in [0.2, 0.25) is 15.9 Å². The summed E-state index contributed by atoms with van der Waals surface area (Å²) in [5.74, 6) is -0.0135. The minimum Gasteiger partial charge on any atom is -0.302 e. The normalized spacial score (nSPS) is 15.4. The van der Waals surface area contributed by atoms with Crippen LogP contribution in [0.5, 0.6) is 0 Å². The molecule has 6 nitrogen and oxygen atoms in total. The van der Waals surface area contributed by atoms with Crippen LogP contribution >= 0.6 is 11.3 Å². The number of anilines is 1. The van der Waals surface area contributed by atoms with Crippen LogP contribution in [0.25, 0.3) is 11.3 Å². The van der Waals surface area contributed by atoms with Crippen LogP contribution in [0.1, 0.15) is 39.5 Å². The molecule has 0 spiro atoms. The molecule has 146 valence electrons. The Morgan fingerprint density at radius 3 is 2.41 bits per heavy atom. The quantitative estimate of drug-likeness (QED) is 0.753. The number of carbonyl (C=O) groups excluding carboxylic acids is 1. The molecule has 1 aromatic heterocycles. The van der Waals surface area contributed by atoms with Crippen molar-refractivity contribution in [3.63, 3.8) is 0 Å². The van der Waals surface area contributed by atoms with E-state index in [0.29, 0.717) is 23.1 Å². The molecule has 1 aliphatic heterocycles. The monoisotopic (exact) mass is 407 g/mol. The summed E-state index contributed by atoms with van der Waals surface area (Å²) >= 11 is 1.37. The maximum Gasteiger partial charge on any atom is 0.243 e. The van der Waals surface area contributed by atoms with Gasteiger partial charge in [0.1, 0.15) is 0 Å². The number of rotatable bonds is 7. The zero-order valence-corrected chi connectivity index (χ0v) is 17.3. The van der Waals surface area contributed by atoms with Crippen LogP contribution in [0, 0.1) is 5.92 Å². The summed E-state index contributed by atoms with van der Waals surface area (Å²) in [5, 5.41) is 5.31. The number of sulfonamides is 1. The molecule has 1 saturated heterocycles. The van der Waals surface area contributed by atoms with E-state index in [9.17, 15) is 13.2 Å². The summed E-state index contributed by atoms with van der Waals surface area (Å²) in [6, 6.07) is 6.80. The molecule has 3 rings (SSSR count). The van der Waals surface area contributed by atoms with Crippen molar-refractivity contribution >= 4 is 32.4 Å². The number of aromatic nitrogens is 1. The lowest BCUT2D eigenvalue weighted by Crippen LogP contribution is -2.27. The van der Waals surface area contributed by atoms with Crippen LogP contribution in [-0.4, -0.2) is 36.7 Å². The van der Waals surface area contributed by atoms with E-state index in [0.717, 1.165) is 36.9 Å². The SMILES string of the molecule is CCC(CC)C(=O)Nc1nc(-c2ccc(S(=O)(=O)N3CCCC3)cc2)cs1. The molecule has 8 heteroatoms. The number of benzene rings is 1. The number of nitrogens with one attached hydrogen (secondary N) is 1. The zero-order valence-electron chi connectivity index (χ0n) is 15.6. The maximum absolute atomic E-state index is 12.6. The van der Waals surface area contributed by atoms with Crippen molar-refractivity contribution < 1.29 is 13.2 Å². The molecule has 1 amide bonds. The van der Waals surface area contributed by atoms with E-state index >= 15 is 0 Å². The lowest BCUT2D eigenvalue weighted by molar-refractivity contribution is -0.120. The highest BCUT2D eigenvalue weighted by Crippen LogP contribution is 2.28. The van der Waals surface area contributed by atoms with Gasteiger partial charge >= 0.3 is 0 Å². The number of hydrogen-bond acceptors (Lipinski definition) is 5. The third kappa shape index (κ3) is 4.39. The van der Waals surface area contributed by atoms with E-state index in [1.54, 1.807) is 24.3 Å². The second kappa shape index (κ2) is 8.50. The first-order valence-corrected chi connectivity index (χ1v) is 11.6. The molecule has 1 aliphatic rings. The maximum atomic E-state index is 12.6. The molecular weight excluding hydrogens is 382 g/mol. The number of nitrogens with zero attached hydrogens (tertiary/aromatic N) is 2. The summed E-state index contributed by atoms with van der Waals surface area (Å²) in [6.45, 7) is 5.18. The molecule has 2 aromatic rings. The molecule has 27 heavy (non-hydrogen) atoms. The molecule has 1 aromatic carbocycles. The van der Waals surface area contributed by atoms with Crippen LogP contribution in [0.15, 0.2) is 34.5 Å². The fraction of sp³-hybridized carbons (Fsp3) is 0.474. The average molecular weight is 408 g/mol. The van der Waals surface area contributed by atoms with E-state index < -0.39 is 10.0 Å². The Kier molecular flexibility index (Phi) is 6.29. The van der Waals surface area contributed by atoms with Gasteiger partial charge in [0.15, 0.2) is 5.13 Å². The van der Waals surface area contributed by atoms with Crippen molar-refractivity contribution in [3.8, 4) is 11.3 Å². The third-order valence-electron chi connectivity index (χ3n) is 4.94. The molecule has 0 bridgehead atoms. The van der Waals surface area contributed by atoms with Gasteiger partial charge in [-0.25, -0.2) is 13.4 Å². The molecule has 0 aliphatic carbocycles. The van der Waals surface area contributed by atoms with Gasteiger partial charge in [-0.2, -0.15) is 4.31 Å². The van der Waals surface area contributed by atoms with Gasteiger partial charge in [-0.1, -0.05) is 26.0 Å². The van der Waals surface area contributed by atoms with Crippen LogP contribution in [0.2, 0.25) is 0 Å². The number of thiazole rings is 1. The van der Waals surface area contributed by atoms with Crippen LogP contribution in [0.4, 0.5) is 5.13 Å². The fourth-order valence-electron chi connectivity index (χ4n) is 3.21. The first-order chi connectivity index (χ1) is 13.0. The summed E-state index contributed by atoms with van der Waals surface area (Å²) < 4.78 is 26.7. The number of carbonyl (C=O) groups is 1. The lowest BCUT2D eigenvalue weighted by Gasteiger charge is -2.15. The van der Waals surface area contributed by atoms with E-state index in [-0.39, 0.29) is 11.8 Å². The Morgan fingerprint density at radius 1 is 1.19 bits per heavy atom. The zero-order chi connectivity index (χ0) is 19.4. The second-order valence-corrected chi connectivity index (χ2v) is 9.47. The minimum atomic E-state index is -3.41. The first-order valence-electron chi connectivity index (χ1n) is 9.32. The Labute approximate surface area is 164 Å². The van der Waals surface area contributed by atoms with Crippen molar-refractivity contribution in [2.75, 3.05) is 18.4 Å². The second-order valence-electron chi connectivity index (χ2n) is 6.68. The summed E-state index contributed by atoms with van der Waals surface area (Å²) in [6.07, 6.45) is 3.43. The largest absolute Gasteiger partial charge is 0.302 e. The van der Waals surface area contributed by atoms with Gasteiger partial charge in [-0.05, 0) is 37.8 Å². The summed E-state index contributed by atoms with van der Waals surface area (Å²) in [7, 11) is -3.41. The molecule has 1 fully saturated rings. The lowest BCUT2D eigenvalue weighted by atomic mass is 10.0. The summed E-state index contributed by atoms with van der Waals surface area (Å²) in [5.41, 5.74) is 1.56.